The normalized spacial score (nSPS) is 10.6. The fraction of sp³-hybridized carbons (Fsp3) is 0.294. The van der Waals surface area contributed by atoms with Crippen LogP contribution in [0.5, 0.6) is 0 Å². The van der Waals surface area contributed by atoms with Crippen LogP contribution in [0.2, 0.25) is 0 Å². The molecule has 116 valence electrons. The summed E-state index contributed by atoms with van der Waals surface area (Å²) < 4.78 is 0.992. The molecule has 0 unspecified atom stereocenters. The fourth-order valence-corrected chi connectivity index (χ4v) is 2.46. The molecule has 1 aromatic carbocycles. The number of amides is 1. The van der Waals surface area contributed by atoms with Gasteiger partial charge in [0.05, 0.1) is 17.6 Å². The number of aryl methyl sites for hydroxylation is 1. The van der Waals surface area contributed by atoms with E-state index in [1.165, 1.54) is 5.56 Å². The summed E-state index contributed by atoms with van der Waals surface area (Å²) in [7, 11) is 0. The lowest BCUT2D eigenvalue weighted by atomic mass is 10.2. The van der Waals surface area contributed by atoms with Gasteiger partial charge in [-0.05, 0) is 58.6 Å². The summed E-state index contributed by atoms with van der Waals surface area (Å²) >= 11 is 3.53. The van der Waals surface area contributed by atoms with Gasteiger partial charge in [-0.3, -0.25) is 4.79 Å². The number of anilines is 2. The standard InChI is InChI=1S/C17H20BrN3O/c1-11(2)9-20-17(22)16-7-5-13(10-19-16)21-15-6-4-12(3)8-14(15)18/h4-8,10-11,21H,9H2,1-3H3,(H,20,22). The van der Waals surface area contributed by atoms with Crippen molar-refractivity contribution in [1.82, 2.24) is 10.3 Å². The van der Waals surface area contributed by atoms with Crippen molar-refractivity contribution < 1.29 is 4.79 Å². The van der Waals surface area contributed by atoms with E-state index in [4.69, 9.17) is 0 Å². The van der Waals surface area contributed by atoms with Crippen LogP contribution < -0.4 is 10.6 Å². The van der Waals surface area contributed by atoms with Crippen molar-refractivity contribution in [3.8, 4) is 0 Å². The van der Waals surface area contributed by atoms with Crippen LogP contribution in [-0.4, -0.2) is 17.4 Å². The Balaban J connectivity index is 2.04. The third-order valence-electron chi connectivity index (χ3n) is 3.07. The molecule has 22 heavy (non-hydrogen) atoms. The average Bonchev–Trinajstić information content (AvgIpc) is 2.48. The molecule has 0 aliphatic rings. The molecule has 0 atom stereocenters. The van der Waals surface area contributed by atoms with Crippen LogP contribution in [0.25, 0.3) is 0 Å². The lowest BCUT2D eigenvalue weighted by molar-refractivity contribution is 0.0944. The molecule has 2 N–H and O–H groups in total. The molecule has 1 amide bonds. The molecular formula is C17H20BrN3O. The molecule has 1 aromatic heterocycles. The Morgan fingerprint density at radius 1 is 1.27 bits per heavy atom. The maximum Gasteiger partial charge on any atom is 0.269 e. The van der Waals surface area contributed by atoms with Gasteiger partial charge in [-0.15, -0.1) is 0 Å². The highest BCUT2D eigenvalue weighted by Gasteiger charge is 2.08. The van der Waals surface area contributed by atoms with Gasteiger partial charge < -0.3 is 10.6 Å². The third kappa shape index (κ3) is 4.56. The number of halogens is 1. The molecule has 4 nitrogen and oxygen atoms in total. The van der Waals surface area contributed by atoms with E-state index in [0.29, 0.717) is 18.2 Å². The van der Waals surface area contributed by atoms with Crippen molar-refractivity contribution in [3.05, 3.63) is 52.3 Å². The van der Waals surface area contributed by atoms with Crippen LogP contribution in [0.1, 0.15) is 29.9 Å². The van der Waals surface area contributed by atoms with Gasteiger partial charge >= 0.3 is 0 Å². The number of carbonyl (C=O) groups is 1. The van der Waals surface area contributed by atoms with E-state index < -0.39 is 0 Å². The number of aromatic nitrogens is 1. The fourth-order valence-electron chi connectivity index (χ4n) is 1.87. The number of benzene rings is 1. The number of carbonyl (C=O) groups excluding carboxylic acids is 1. The van der Waals surface area contributed by atoms with Crippen molar-refractivity contribution in [1.29, 1.82) is 0 Å². The van der Waals surface area contributed by atoms with Crippen LogP contribution >= 0.6 is 15.9 Å². The zero-order chi connectivity index (χ0) is 16.1. The number of pyridine rings is 1. The van der Waals surface area contributed by atoms with Crippen molar-refractivity contribution >= 4 is 33.2 Å². The maximum absolute atomic E-state index is 11.9. The summed E-state index contributed by atoms with van der Waals surface area (Å²) in [5.41, 5.74) is 3.41. The Morgan fingerprint density at radius 2 is 2.05 bits per heavy atom. The van der Waals surface area contributed by atoms with E-state index in [-0.39, 0.29) is 5.91 Å². The van der Waals surface area contributed by atoms with E-state index >= 15 is 0 Å². The first kappa shape index (κ1) is 16.5. The third-order valence-corrected chi connectivity index (χ3v) is 3.73. The summed E-state index contributed by atoms with van der Waals surface area (Å²) in [6, 6.07) is 9.66. The van der Waals surface area contributed by atoms with Gasteiger partial charge in [0.2, 0.25) is 0 Å². The minimum atomic E-state index is -0.142. The largest absolute Gasteiger partial charge is 0.353 e. The molecule has 2 aromatic rings. The minimum Gasteiger partial charge on any atom is -0.353 e. The first-order valence-corrected chi connectivity index (χ1v) is 8.02. The predicted molar refractivity (Wildman–Crippen MR) is 93.6 cm³/mol. The van der Waals surface area contributed by atoms with Gasteiger partial charge in [0, 0.05) is 11.0 Å². The van der Waals surface area contributed by atoms with Gasteiger partial charge in [-0.1, -0.05) is 19.9 Å². The van der Waals surface area contributed by atoms with Gasteiger partial charge in [0.25, 0.3) is 5.91 Å². The van der Waals surface area contributed by atoms with Crippen molar-refractivity contribution in [3.63, 3.8) is 0 Å². The Morgan fingerprint density at radius 3 is 2.64 bits per heavy atom. The van der Waals surface area contributed by atoms with Crippen LogP contribution in [0.4, 0.5) is 11.4 Å². The zero-order valence-electron chi connectivity index (χ0n) is 13.0. The van der Waals surface area contributed by atoms with E-state index in [2.05, 4.69) is 45.4 Å². The quantitative estimate of drug-likeness (QED) is 0.835. The molecule has 0 spiro atoms. The topological polar surface area (TPSA) is 54.0 Å². The highest BCUT2D eigenvalue weighted by Crippen LogP contribution is 2.26. The molecule has 1 heterocycles. The molecule has 2 rings (SSSR count). The second-order valence-electron chi connectivity index (χ2n) is 5.64. The minimum absolute atomic E-state index is 0.142. The van der Waals surface area contributed by atoms with Gasteiger partial charge in [-0.2, -0.15) is 0 Å². The lowest BCUT2D eigenvalue weighted by Crippen LogP contribution is -2.27. The summed E-state index contributed by atoms with van der Waals surface area (Å²) in [4.78, 5) is 16.1. The van der Waals surface area contributed by atoms with Crippen LogP contribution in [0, 0.1) is 12.8 Å². The molecular weight excluding hydrogens is 342 g/mol. The molecule has 5 heteroatoms. The second kappa shape index (κ2) is 7.40. The van der Waals surface area contributed by atoms with Crippen LogP contribution in [0.15, 0.2) is 41.0 Å². The first-order chi connectivity index (χ1) is 10.5. The predicted octanol–water partition coefficient (Wildman–Crippen LogP) is 4.28. The first-order valence-electron chi connectivity index (χ1n) is 7.23. The molecule has 0 bridgehead atoms. The molecule has 0 aliphatic carbocycles. The maximum atomic E-state index is 11.9. The molecule has 0 radical (unpaired) electrons. The lowest BCUT2D eigenvalue weighted by Gasteiger charge is -2.10. The van der Waals surface area contributed by atoms with Crippen molar-refractivity contribution in [2.24, 2.45) is 5.92 Å². The zero-order valence-corrected chi connectivity index (χ0v) is 14.6. The van der Waals surface area contributed by atoms with Crippen molar-refractivity contribution in [2.75, 3.05) is 11.9 Å². The van der Waals surface area contributed by atoms with Crippen LogP contribution in [0.3, 0.4) is 0 Å². The molecule has 0 saturated heterocycles. The van der Waals surface area contributed by atoms with Gasteiger partial charge in [-0.25, -0.2) is 4.98 Å². The Hall–Kier alpha value is -1.88. The van der Waals surface area contributed by atoms with E-state index in [0.717, 1.165) is 15.8 Å². The Labute approximate surface area is 139 Å². The highest BCUT2D eigenvalue weighted by molar-refractivity contribution is 9.10. The number of hydrogen-bond acceptors (Lipinski definition) is 3. The number of nitrogens with one attached hydrogen (secondary N) is 2. The summed E-state index contributed by atoms with van der Waals surface area (Å²) in [6.07, 6.45) is 1.66. The monoisotopic (exact) mass is 361 g/mol. The molecule has 0 aliphatic heterocycles. The van der Waals surface area contributed by atoms with Crippen molar-refractivity contribution in [2.45, 2.75) is 20.8 Å². The second-order valence-corrected chi connectivity index (χ2v) is 6.50. The molecule has 0 saturated carbocycles. The Kier molecular flexibility index (Phi) is 5.55. The van der Waals surface area contributed by atoms with Crippen LogP contribution in [-0.2, 0) is 0 Å². The van der Waals surface area contributed by atoms with E-state index in [1.807, 2.05) is 31.2 Å². The number of hydrogen-bond donors (Lipinski definition) is 2. The Bertz CT molecular complexity index is 653. The smallest absolute Gasteiger partial charge is 0.269 e. The van der Waals surface area contributed by atoms with Gasteiger partial charge in [0.15, 0.2) is 0 Å². The summed E-state index contributed by atoms with van der Waals surface area (Å²) in [5, 5.41) is 6.13. The van der Waals surface area contributed by atoms with Gasteiger partial charge in [0.1, 0.15) is 5.69 Å². The van der Waals surface area contributed by atoms with E-state index in [9.17, 15) is 4.79 Å². The number of rotatable bonds is 5. The SMILES string of the molecule is Cc1ccc(Nc2ccc(C(=O)NCC(C)C)nc2)c(Br)c1. The number of nitrogens with zero attached hydrogens (tertiary/aromatic N) is 1. The molecule has 0 fully saturated rings. The summed E-state index contributed by atoms with van der Waals surface area (Å²) in [6.45, 7) is 6.80. The average molecular weight is 362 g/mol. The summed E-state index contributed by atoms with van der Waals surface area (Å²) in [5.74, 6) is 0.278. The highest BCUT2D eigenvalue weighted by atomic mass is 79.9. The van der Waals surface area contributed by atoms with E-state index in [1.54, 1.807) is 12.3 Å².